The summed E-state index contributed by atoms with van der Waals surface area (Å²) in [6, 6.07) is 13.5. The Kier molecular flexibility index (Phi) is 7.25. The first-order chi connectivity index (χ1) is 14.5. The summed E-state index contributed by atoms with van der Waals surface area (Å²) in [6.07, 6.45) is 3.41. The van der Waals surface area contributed by atoms with Gasteiger partial charge in [0.15, 0.2) is 6.54 Å². The van der Waals surface area contributed by atoms with E-state index in [4.69, 9.17) is 4.74 Å². The first-order valence-electron chi connectivity index (χ1n) is 10.3. The predicted molar refractivity (Wildman–Crippen MR) is 119 cm³/mol. The number of piperazine rings is 1. The third-order valence-electron chi connectivity index (χ3n) is 5.58. The van der Waals surface area contributed by atoms with Crippen LogP contribution in [0.25, 0.3) is 6.08 Å². The molecule has 1 aliphatic heterocycles. The summed E-state index contributed by atoms with van der Waals surface area (Å²) in [6.45, 7) is 7.28. The number of carbonyl (C=O) groups is 2. The first kappa shape index (κ1) is 21.6. The van der Waals surface area contributed by atoms with E-state index in [1.807, 2.05) is 67.3 Å². The van der Waals surface area contributed by atoms with E-state index < -0.39 is 0 Å². The molecule has 0 aromatic heterocycles. The maximum Gasteiger partial charge on any atom is 0.279 e. The number of benzene rings is 2. The second-order valence-corrected chi connectivity index (χ2v) is 7.66. The number of anilines is 1. The van der Waals surface area contributed by atoms with E-state index in [2.05, 4.69) is 5.32 Å². The Bertz CT molecular complexity index is 931. The first-order valence-corrected chi connectivity index (χ1v) is 10.3. The number of rotatable bonds is 6. The van der Waals surface area contributed by atoms with Crippen LogP contribution in [0.4, 0.5) is 5.69 Å². The van der Waals surface area contributed by atoms with Crippen LogP contribution in [0, 0.1) is 13.8 Å². The third-order valence-corrected chi connectivity index (χ3v) is 5.58. The van der Waals surface area contributed by atoms with Crippen molar-refractivity contribution in [2.24, 2.45) is 0 Å². The van der Waals surface area contributed by atoms with Gasteiger partial charge < -0.3 is 19.9 Å². The molecule has 3 rings (SSSR count). The molecule has 0 bridgehead atoms. The largest absolute Gasteiger partial charge is 0.497 e. The van der Waals surface area contributed by atoms with Gasteiger partial charge >= 0.3 is 0 Å². The summed E-state index contributed by atoms with van der Waals surface area (Å²) in [5, 5.41) is 3.02. The maximum absolute atomic E-state index is 12.5. The SMILES string of the molecule is COc1cccc(/C=C/C(=O)N2CC[NH+](CC(=O)Nc3cccc(C)c3C)CC2)c1. The fourth-order valence-corrected chi connectivity index (χ4v) is 3.55. The van der Waals surface area contributed by atoms with E-state index >= 15 is 0 Å². The van der Waals surface area contributed by atoms with Gasteiger partial charge in [-0.2, -0.15) is 0 Å². The van der Waals surface area contributed by atoms with Crippen molar-refractivity contribution in [3.05, 3.63) is 65.2 Å². The lowest BCUT2D eigenvalue weighted by Crippen LogP contribution is -3.15. The third kappa shape index (κ3) is 5.70. The minimum absolute atomic E-state index is 0.00305. The van der Waals surface area contributed by atoms with Crippen molar-refractivity contribution in [3.63, 3.8) is 0 Å². The molecule has 158 valence electrons. The normalized spacial score (nSPS) is 14.7. The van der Waals surface area contributed by atoms with Crippen molar-refractivity contribution < 1.29 is 19.2 Å². The van der Waals surface area contributed by atoms with Crippen LogP contribution in [-0.2, 0) is 9.59 Å². The lowest BCUT2D eigenvalue weighted by molar-refractivity contribution is -0.895. The molecule has 0 aliphatic carbocycles. The van der Waals surface area contributed by atoms with Crippen LogP contribution >= 0.6 is 0 Å². The average molecular weight is 409 g/mol. The molecule has 0 saturated carbocycles. The highest BCUT2D eigenvalue weighted by Crippen LogP contribution is 2.17. The van der Waals surface area contributed by atoms with Gasteiger partial charge in [0.25, 0.3) is 5.91 Å². The van der Waals surface area contributed by atoms with Gasteiger partial charge in [0.1, 0.15) is 5.75 Å². The van der Waals surface area contributed by atoms with E-state index in [1.54, 1.807) is 13.2 Å². The van der Waals surface area contributed by atoms with Gasteiger partial charge in [-0.05, 0) is 54.8 Å². The summed E-state index contributed by atoms with van der Waals surface area (Å²) in [5.41, 5.74) is 4.05. The Morgan fingerprint density at radius 2 is 1.87 bits per heavy atom. The molecule has 2 aromatic carbocycles. The van der Waals surface area contributed by atoms with Gasteiger partial charge in [-0.25, -0.2) is 0 Å². The summed E-state index contributed by atoms with van der Waals surface area (Å²) in [5.74, 6) is 0.772. The van der Waals surface area contributed by atoms with Crippen molar-refractivity contribution in [1.82, 2.24) is 4.90 Å². The van der Waals surface area contributed by atoms with E-state index in [0.29, 0.717) is 19.6 Å². The highest BCUT2D eigenvalue weighted by atomic mass is 16.5. The lowest BCUT2D eigenvalue weighted by atomic mass is 10.1. The Hall–Kier alpha value is -3.12. The molecule has 1 aliphatic rings. The zero-order chi connectivity index (χ0) is 21.5. The van der Waals surface area contributed by atoms with Crippen LogP contribution in [-0.4, -0.2) is 56.5 Å². The van der Waals surface area contributed by atoms with Crippen molar-refractivity contribution >= 4 is 23.6 Å². The van der Waals surface area contributed by atoms with E-state index in [0.717, 1.165) is 41.2 Å². The molecule has 0 unspecified atom stereocenters. The number of ether oxygens (including phenoxy) is 1. The molecule has 6 heteroatoms. The number of carbonyl (C=O) groups excluding carboxylic acids is 2. The number of nitrogens with one attached hydrogen (secondary N) is 2. The minimum atomic E-state index is -0.00305. The van der Waals surface area contributed by atoms with Gasteiger partial charge in [-0.3, -0.25) is 9.59 Å². The van der Waals surface area contributed by atoms with E-state index in [1.165, 1.54) is 4.90 Å². The molecular weight excluding hydrogens is 378 g/mol. The molecule has 6 nitrogen and oxygen atoms in total. The Morgan fingerprint density at radius 1 is 1.13 bits per heavy atom. The maximum atomic E-state index is 12.5. The molecule has 1 heterocycles. The van der Waals surface area contributed by atoms with Gasteiger partial charge in [0.05, 0.1) is 33.3 Å². The molecule has 1 fully saturated rings. The number of hydrogen-bond donors (Lipinski definition) is 2. The van der Waals surface area contributed by atoms with Crippen LogP contribution in [0.15, 0.2) is 48.5 Å². The lowest BCUT2D eigenvalue weighted by Gasteiger charge is -2.31. The molecule has 2 aromatic rings. The molecule has 1 saturated heterocycles. The minimum Gasteiger partial charge on any atom is -0.497 e. The van der Waals surface area contributed by atoms with Crippen molar-refractivity contribution in [3.8, 4) is 5.75 Å². The smallest absolute Gasteiger partial charge is 0.279 e. The highest BCUT2D eigenvalue weighted by Gasteiger charge is 2.24. The van der Waals surface area contributed by atoms with Gasteiger partial charge in [0.2, 0.25) is 5.91 Å². The second kappa shape index (κ2) is 10.1. The standard InChI is InChI=1S/C24H29N3O3/c1-18-6-4-9-22(19(18)2)25-23(28)17-26-12-14-27(15-13-26)24(29)11-10-20-7-5-8-21(16-20)30-3/h4-11,16H,12-15,17H2,1-3H3,(H,25,28)/p+1/b11-10+. The van der Waals surface area contributed by atoms with E-state index in [-0.39, 0.29) is 11.8 Å². The predicted octanol–water partition coefficient (Wildman–Crippen LogP) is 1.69. The highest BCUT2D eigenvalue weighted by molar-refractivity contribution is 5.93. The molecule has 0 radical (unpaired) electrons. The van der Waals surface area contributed by atoms with Crippen molar-refractivity contribution in [2.75, 3.05) is 45.2 Å². The molecule has 2 N–H and O–H groups in total. The summed E-state index contributed by atoms with van der Waals surface area (Å²) >= 11 is 0. The van der Waals surface area contributed by atoms with Gasteiger partial charge in [0, 0.05) is 11.8 Å². The van der Waals surface area contributed by atoms with Crippen LogP contribution in [0.3, 0.4) is 0 Å². The monoisotopic (exact) mass is 408 g/mol. The van der Waals surface area contributed by atoms with Gasteiger partial charge in [-0.1, -0.05) is 24.3 Å². The summed E-state index contributed by atoms with van der Waals surface area (Å²) in [7, 11) is 1.62. The van der Waals surface area contributed by atoms with Crippen molar-refractivity contribution in [1.29, 1.82) is 0 Å². The molecule has 30 heavy (non-hydrogen) atoms. The Morgan fingerprint density at radius 3 is 2.60 bits per heavy atom. The van der Waals surface area contributed by atoms with Crippen molar-refractivity contribution in [2.45, 2.75) is 13.8 Å². The molecule has 2 amide bonds. The zero-order valence-corrected chi connectivity index (χ0v) is 17.9. The molecular formula is C24H30N3O3+. The Balaban J connectivity index is 1.47. The number of amides is 2. The topological polar surface area (TPSA) is 63.1 Å². The number of hydrogen-bond acceptors (Lipinski definition) is 3. The number of nitrogens with zero attached hydrogens (tertiary/aromatic N) is 1. The second-order valence-electron chi connectivity index (χ2n) is 7.66. The van der Waals surface area contributed by atoms with Gasteiger partial charge in [-0.15, -0.1) is 0 Å². The fourth-order valence-electron chi connectivity index (χ4n) is 3.55. The van der Waals surface area contributed by atoms with Crippen LogP contribution in [0.5, 0.6) is 5.75 Å². The molecule has 0 atom stereocenters. The summed E-state index contributed by atoms with van der Waals surface area (Å²) in [4.78, 5) is 28.0. The Labute approximate surface area is 178 Å². The molecule has 0 spiro atoms. The number of quaternary nitrogens is 1. The van der Waals surface area contributed by atoms with E-state index in [9.17, 15) is 9.59 Å². The van der Waals surface area contributed by atoms with Crippen LogP contribution in [0.2, 0.25) is 0 Å². The van der Waals surface area contributed by atoms with Crippen LogP contribution in [0.1, 0.15) is 16.7 Å². The number of methoxy groups -OCH3 is 1. The zero-order valence-electron chi connectivity index (χ0n) is 17.9. The fraction of sp³-hybridized carbons (Fsp3) is 0.333. The summed E-state index contributed by atoms with van der Waals surface area (Å²) < 4.78 is 5.21. The number of aryl methyl sites for hydroxylation is 1. The van der Waals surface area contributed by atoms with Crippen LogP contribution < -0.4 is 15.0 Å². The quantitative estimate of drug-likeness (QED) is 0.715. The average Bonchev–Trinajstić information content (AvgIpc) is 2.76.